The maximum atomic E-state index is 13.6. The van der Waals surface area contributed by atoms with Gasteiger partial charge in [-0.15, -0.1) is 0 Å². The predicted octanol–water partition coefficient (Wildman–Crippen LogP) is 3.86. The lowest BCUT2D eigenvalue weighted by Gasteiger charge is -2.61. The molecular weight excluding hydrogens is 372 g/mol. The van der Waals surface area contributed by atoms with E-state index in [-0.39, 0.29) is 11.5 Å². The summed E-state index contributed by atoms with van der Waals surface area (Å²) in [5, 5.41) is 0. The Morgan fingerprint density at radius 1 is 0.933 bits per heavy atom. The third-order valence-corrected chi connectivity index (χ3v) is 8.64. The molecule has 4 fully saturated rings. The van der Waals surface area contributed by atoms with Crippen LogP contribution >= 0.6 is 0 Å². The number of carbonyl (C=O) groups is 1. The van der Waals surface area contributed by atoms with Crippen molar-refractivity contribution in [2.45, 2.75) is 82.8 Å². The van der Waals surface area contributed by atoms with Gasteiger partial charge in [-0.3, -0.25) is 9.78 Å². The van der Waals surface area contributed by atoms with Crippen LogP contribution in [0.1, 0.15) is 76.3 Å². The minimum Gasteiger partial charge on any atom is -0.331 e. The summed E-state index contributed by atoms with van der Waals surface area (Å²) in [6, 6.07) is 5.74. The first-order valence-corrected chi connectivity index (χ1v) is 12.4. The zero-order valence-electron chi connectivity index (χ0n) is 18.6. The number of nitrogens with zero attached hydrogens (tertiary/aromatic N) is 4. The number of carbonyl (C=O) groups excluding carboxylic acids is 1. The molecule has 1 aromatic heterocycles. The Morgan fingerprint density at radius 3 is 2.20 bits per heavy atom. The second-order valence-electron chi connectivity index (χ2n) is 10.0. The lowest BCUT2D eigenvalue weighted by atomic mass is 9.59. The Balaban J connectivity index is 1.27. The summed E-state index contributed by atoms with van der Waals surface area (Å²) >= 11 is 0. The zero-order chi connectivity index (χ0) is 20.6. The SMILES string of the molecule is CCN1CCC(N2CCC(N3C(=O)C4(CCCCC4)C3c3ccncc3)CC2)CC1. The number of likely N-dealkylation sites (tertiary alicyclic amines) is 3. The Bertz CT molecular complexity index is 716. The Morgan fingerprint density at radius 2 is 1.57 bits per heavy atom. The monoisotopic (exact) mass is 410 g/mol. The Hall–Kier alpha value is -1.46. The van der Waals surface area contributed by atoms with Gasteiger partial charge in [-0.2, -0.15) is 0 Å². The highest BCUT2D eigenvalue weighted by Crippen LogP contribution is 2.59. The van der Waals surface area contributed by atoms with Crippen LogP contribution in [0.4, 0.5) is 0 Å². The van der Waals surface area contributed by atoms with Crippen molar-refractivity contribution >= 4 is 5.91 Å². The van der Waals surface area contributed by atoms with Gasteiger partial charge in [0.1, 0.15) is 0 Å². The van der Waals surface area contributed by atoms with Gasteiger partial charge in [0.25, 0.3) is 0 Å². The van der Waals surface area contributed by atoms with Crippen molar-refractivity contribution in [3.05, 3.63) is 30.1 Å². The first-order chi connectivity index (χ1) is 14.7. The highest BCUT2D eigenvalue weighted by Gasteiger charge is 2.62. The van der Waals surface area contributed by atoms with Crippen molar-refractivity contribution < 1.29 is 4.79 Å². The van der Waals surface area contributed by atoms with Gasteiger partial charge in [-0.25, -0.2) is 0 Å². The molecule has 1 unspecified atom stereocenters. The van der Waals surface area contributed by atoms with Crippen LogP contribution in [0.5, 0.6) is 0 Å². The average molecular weight is 411 g/mol. The molecule has 30 heavy (non-hydrogen) atoms. The summed E-state index contributed by atoms with van der Waals surface area (Å²) in [5.41, 5.74) is 1.19. The molecule has 4 aliphatic rings. The fourth-order valence-electron chi connectivity index (χ4n) is 6.89. The lowest BCUT2D eigenvalue weighted by Crippen LogP contribution is -2.68. The molecule has 5 rings (SSSR count). The number of rotatable bonds is 4. The molecule has 5 nitrogen and oxygen atoms in total. The average Bonchev–Trinajstić information content (AvgIpc) is 2.83. The third kappa shape index (κ3) is 3.48. The molecule has 0 N–H and O–H groups in total. The van der Waals surface area contributed by atoms with E-state index in [0.29, 0.717) is 11.9 Å². The van der Waals surface area contributed by atoms with Crippen LogP contribution in [-0.2, 0) is 4.79 Å². The van der Waals surface area contributed by atoms with E-state index in [1.165, 1.54) is 57.3 Å². The molecule has 1 aliphatic carbocycles. The molecule has 1 atom stereocenters. The molecule has 4 heterocycles. The van der Waals surface area contributed by atoms with Gasteiger partial charge in [-0.05, 0) is 75.9 Å². The van der Waals surface area contributed by atoms with Crippen LogP contribution in [-0.4, -0.2) is 70.4 Å². The van der Waals surface area contributed by atoms with Crippen LogP contribution in [0, 0.1) is 5.41 Å². The summed E-state index contributed by atoms with van der Waals surface area (Å²) in [6.45, 7) is 8.26. The van der Waals surface area contributed by atoms with Gasteiger partial charge >= 0.3 is 0 Å². The molecule has 1 spiro atoms. The normalized spacial score (nSPS) is 29.3. The minimum atomic E-state index is -0.121. The van der Waals surface area contributed by atoms with E-state index in [1.807, 2.05) is 12.4 Å². The largest absolute Gasteiger partial charge is 0.331 e. The molecule has 5 heteroatoms. The van der Waals surface area contributed by atoms with Crippen molar-refractivity contribution in [2.75, 3.05) is 32.7 Å². The molecule has 0 bridgehead atoms. The maximum Gasteiger partial charge on any atom is 0.232 e. The topological polar surface area (TPSA) is 39.7 Å². The van der Waals surface area contributed by atoms with E-state index < -0.39 is 0 Å². The quantitative estimate of drug-likeness (QED) is 0.707. The Kier molecular flexibility index (Phi) is 5.85. The smallest absolute Gasteiger partial charge is 0.232 e. The van der Waals surface area contributed by atoms with E-state index in [9.17, 15) is 4.79 Å². The molecule has 3 aliphatic heterocycles. The van der Waals surface area contributed by atoms with Gasteiger partial charge in [0.05, 0.1) is 11.5 Å². The zero-order valence-corrected chi connectivity index (χ0v) is 18.6. The molecule has 1 saturated carbocycles. The van der Waals surface area contributed by atoms with E-state index in [4.69, 9.17) is 0 Å². The third-order valence-electron chi connectivity index (χ3n) is 8.64. The van der Waals surface area contributed by atoms with E-state index >= 15 is 0 Å². The standard InChI is InChI=1S/C25H38N4O/c1-2-27-16-8-21(9-17-27)28-18-10-22(11-19-28)29-23(20-6-14-26-15-7-20)25(24(29)30)12-4-3-5-13-25/h6-7,14-15,21-23H,2-5,8-13,16-19H2,1H3. The highest BCUT2D eigenvalue weighted by atomic mass is 16.2. The summed E-state index contributed by atoms with van der Waals surface area (Å²) in [4.78, 5) is 25.4. The number of aromatic nitrogens is 1. The molecule has 0 radical (unpaired) electrons. The van der Waals surface area contributed by atoms with Crippen LogP contribution < -0.4 is 0 Å². The number of hydrogen-bond acceptors (Lipinski definition) is 4. The minimum absolute atomic E-state index is 0.121. The first kappa shape index (κ1) is 20.4. The highest BCUT2D eigenvalue weighted by molar-refractivity contribution is 5.91. The summed E-state index contributed by atoms with van der Waals surface area (Å²) in [7, 11) is 0. The van der Waals surface area contributed by atoms with E-state index in [1.54, 1.807) is 0 Å². The Labute approximate surface area is 181 Å². The number of pyridine rings is 1. The number of hydrogen-bond donors (Lipinski definition) is 0. The predicted molar refractivity (Wildman–Crippen MR) is 119 cm³/mol. The van der Waals surface area contributed by atoms with Crippen molar-refractivity contribution in [1.82, 2.24) is 19.7 Å². The molecular formula is C25H38N4O. The fraction of sp³-hybridized carbons (Fsp3) is 0.760. The van der Waals surface area contributed by atoms with E-state index in [0.717, 1.165) is 44.8 Å². The molecule has 164 valence electrons. The van der Waals surface area contributed by atoms with E-state index in [2.05, 4.69) is 38.7 Å². The van der Waals surface area contributed by atoms with Crippen molar-refractivity contribution in [1.29, 1.82) is 0 Å². The second-order valence-corrected chi connectivity index (χ2v) is 10.0. The summed E-state index contributed by atoms with van der Waals surface area (Å²) < 4.78 is 0. The second kappa shape index (κ2) is 8.58. The maximum absolute atomic E-state index is 13.6. The van der Waals surface area contributed by atoms with Crippen LogP contribution in [0.2, 0.25) is 0 Å². The first-order valence-electron chi connectivity index (χ1n) is 12.4. The number of piperidine rings is 2. The molecule has 1 aromatic rings. The van der Waals surface area contributed by atoms with Gasteiger partial charge in [0, 0.05) is 37.6 Å². The molecule has 0 aromatic carbocycles. The van der Waals surface area contributed by atoms with Crippen molar-refractivity contribution in [2.24, 2.45) is 5.41 Å². The van der Waals surface area contributed by atoms with Gasteiger partial charge in [-0.1, -0.05) is 26.2 Å². The molecule has 1 amide bonds. The fourth-order valence-corrected chi connectivity index (χ4v) is 6.89. The van der Waals surface area contributed by atoms with Crippen molar-refractivity contribution in [3.63, 3.8) is 0 Å². The van der Waals surface area contributed by atoms with Crippen molar-refractivity contribution in [3.8, 4) is 0 Å². The summed E-state index contributed by atoms with van der Waals surface area (Å²) in [5.74, 6) is 0.457. The molecule has 3 saturated heterocycles. The van der Waals surface area contributed by atoms with Crippen LogP contribution in [0.25, 0.3) is 0 Å². The number of β-lactam (4-membered cyclic amide) rings is 1. The van der Waals surface area contributed by atoms with Gasteiger partial charge in [0.2, 0.25) is 5.91 Å². The van der Waals surface area contributed by atoms with Crippen LogP contribution in [0.3, 0.4) is 0 Å². The van der Waals surface area contributed by atoms with Gasteiger partial charge < -0.3 is 14.7 Å². The van der Waals surface area contributed by atoms with Crippen LogP contribution in [0.15, 0.2) is 24.5 Å². The summed E-state index contributed by atoms with van der Waals surface area (Å²) in [6.07, 6.45) is 14.5. The lowest BCUT2D eigenvalue weighted by molar-refractivity contribution is -0.187. The number of amides is 1. The van der Waals surface area contributed by atoms with Gasteiger partial charge in [0.15, 0.2) is 0 Å².